The summed E-state index contributed by atoms with van der Waals surface area (Å²) in [5, 5.41) is 6.44. The van der Waals surface area contributed by atoms with E-state index in [1.54, 1.807) is 13.0 Å². The van der Waals surface area contributed by atoms with Gasteiger partial charge in [-0.3, -0.25) is 9.69 Å². The van der Waals surface area contributed by atoms with E-state index in [0.717, 1.165) is 26.3 Å². The Balaban J connectivity index is 1.74. The van der Waals surface area contributed by atoms with Gasteiger partial charge in [-0.05, 0) is 13.8 Å². The Labute approximate surface area is 106 Å². The highest BCUT2D eigenvalue weighted by Crippen LogP contribution is 2.09. The molecule has 2 heterocycles. The topological polar surface area (TPSA) is 67.6 Å². The first-order chi connectivity index (χ1) is 8.65. The van der Waals surface area contributed by atoms with Crippen molar-refractivity contribution in [2.24, 2.45) is 0 Å². The van der Waals surface area contributed by atoms with Crippen LogP contribution in [0.5, 0.6) is 0 Å². The van der Waals surface area contributed by atoms with Crippen LogP contribution in [-0.4, -0.2) is 48.3 Å². The monoisotopic (exact) mass is 253 g/mol. The van der Waals surface area contributed by atoms with Crippen molar-refractivity contribution >= 4 is 11.7 Å². The zero-order chi connectivity index (χ0) is 13.0. The number of nitrogens with one attached hydrogen (secondary N) is 1. The van der Waals surface area contributed by atoms with Crippen molar-refractivity contribution in [1.82, 2.24) is 10.1 Å². The van der Waals surface area contributed by atoms with E-state index in [1.807, 2.05) is 0 Å². The lowest BCUT2D eigenvalue weighted by molar-refractivity contribution is -0.117. The third-order valence-corrected chi connectivity index (χ3v) is 3.03. The Hall–Kier alpha value is -1.40. The Bertz CT molecular complexity index is 405. The van der Waals surface area contributed by atoms with Crippen molar-refractivity contribution in [1.29, 1.82) is 0 Å². The maximum Gasteiger partial charge on any atom is 0.226 e. The second-order valence-electron chi connectivity index (χ2n) is 4.58. The van der Waals surface area contributed by atoms with Crippen molar-refractivity contribution in [2.45, 2.75) is 26.3 Å². The fourth-order valence-electron chi connectivity index (χ4n) is 1.97. The van der Waals surface area contributed by atoms with Gasteiger partial charge < -0.3 is 14.6 Å². The molecule has 0 radical (unpaired) electrons. The van der Waals surface area contributed by atoms with Gasteiger partial charge in [0.25, 0.3) is 0 Å². The third kappa shape index (κ3) is 3.54. The second-order valence-corrected chi connectivity index (χ2v) is 4.58. The van der Waals surface area contributed by atoms with Gasteiger partial charge in [0.2, 0.25) is 5.91 Å². The van der Waals surface area contributed by atoms with Crippen LogP contribution in [0.2, 0.25) is 0 Å². The summed E-state index contributed by atoms with van der Waals surface area (Å²) in [4.78, 5) is 14.0. The van der Waals surface area contributed by atoms with Gasteiger partial charge in [-0.1, -0.05) is 5.16 Å². The van der Waals surface area contributed by atoms with Crippen LogP contribution >= 0.6 is 0 Å². The molecule has 100 valence electrons. The summed E-state index contributed by atoms with van der Waals surface area (Å²) >= 11 is 0. The largest absolute Gasteiger partial charge is 0.379 e. The van der Waals surface area contributed by atoms with Crippen molar-refractivity contribution in [2.75, 3.05) is 31.6 Å². The van der Waals surface area contributed by atoms with Crippen LogP contribution < -0.4 is 5.32 Å². The molecule has 0 bridgehead atoms. The molecule has 1 aromatic heterocycles. The van der Waals surface area contributed by atoms with E-state index in [4.69, 9.17) is 9.26 Å². The molecule has 1 fully saturated rings. The molecule has 6 nitrogen and oxygen atoms in total. The molecule has 1 aliphatic rings. The van der Waals surface area contributed by atoms with Crippen molar-refractivity contribution in [3.63, 3.8) is 0 Å². The third-order valence-electron chi connectivity index (χ3n) is 3.03. The van der Waals surface area contributed by atoms with E-state index in [0.29, 0.717) is 24.0 Å². The van der Waals surface area contributed by atoms with E-state index in [9.17, 15) is 4.79 Å². The van der Waals surface area contributed by atoms with Gasteiger partial charge >= 0.3 is 0 Å². The number of amides is 1. The molecule has 1 aromatic rings. The molecule has 0 aliphatic carbocycles. The van der Waals surface area contributed by atoms with Crippen molar-refractivity contribution < 1.29 is 14.1 Å². The van der Waals surface area contributed by atoms with Crippen molar-refractivity contribution in [3.8, 4) is 0 Å². The van der Waals surface area contributed by atoms with E-state index >= 15 is 0 Å². The standard InChI is InChI=1S/C12H19N3O3/c1-9-8-17-6-5-15(9)4-3-12(16)13-11-7-10(2)18-14-11/h7,9H,3-6,8H2,1-2H3,(H,13,14,16). The van der Waals surface area contributed by atoms with Crippen LogP contribution in [0.25, 0.3) is 0 Å². The van der Waals surface area contributed by atoms with Gasteiger partial charge in [-0.25, -0.2) is 0 Å². The Morgan fingerprint density at radius 1 is 1.67 bits per heavy atom. The zero-order valence-corrected chi connectivity index (χ0v) is 10.8. The SMILES string of the molecule is Cc1cc(NC(=O)CCN2CCOCC2C)no1. The number of carbonyl (C=O) groups excluding carboxylic acids is 1. The molecular formula is C12H19N3O3. The molecular weight excluding hydrogens is 234 g/mol. The lowest BCUT2D eigenvalue weighted by Gasteiger charge is -2.32. The smallest absolute Gasteiger partial charge is 0.226 e. The van der Waals surface area contributed by atoms with Crippen LogP contribution in [0.3, 0.4) is 0 Å². The highest BCUT2D eigenvalue weighted by Gasteiger charge is 2.19. The molecule has 1 unspecified atom stereocenters. The van der Waals surface area contributed by atoms with Crippen molar-refractivity contribution in [3.05, 3.63) is 11.8 Å². The van der Waals surface area contributed by atoms with Gasteiger partial charge in [0, 0.05) is 31.6 Å². The number of aryl methyl sites for hydroxylation is 1. The van der Waals surface area contributed by atoms with Gasteiger partial charge in [0.15, 0.2) is 5.82 Å². The quantitative estimate of drug-likeness (QED) is 0.868. The summed E-state index contributed by atoms with van der Waals surface area (Å²) in [6, 6.07) is 2.08. The average Bonchev–Trinajstić information content (AvgIpc) is 2.74. The number of ether oxygens (including phenoxy) is 1. The zero-order valence-electron chi connectivity index (χ0n) is 10.8. The van der Waals surface area contributed by atoms with Gasteiger partial charge in [0.05, 0.1) is 13.2 Å². The normalized spacial score (nSPS) is 20.9. The molecule has 18 heavy (non-hydrogen) atoms. The molecule has 6 heteroatoms. The number of hydrogen-bond donors (Lipinski definition) is 1. The number of morpholine rings is 1. The molecule has 0 saturated carbocycles. The van der Waals surface area contributed by atoms with E-state index in [1.165, 1.54) is 0 Å². The fraction of sp³-hybridized carbons (Fsp3) is 0.667. The first kappa shape index (κ1) is 13.0. The molecule has 1 N–H and O–H groups in total. The Kier molecular flexibility index (Phi) is 4.33. The molecule has 2 rings (SSSR count). The Morgan fingerprint density at radius 3 is 3.17 bits per heavy atom. The van der Waals surface area contributed by atoms with E-state index in [2.05, 4.69) is 22.3 Å². The first-order valence-corrected chi connectivity index (χ1v) is 6.20. The molecule has 1 atom stereocenters. The molecule has 0 spiro atoms. The molecule has 1 aliphatic heterocycles. The average molecular weight is 253 g/mol. The lowest BCUT2D eigenvalue weighted by atomic mass is 10.2. The van der Waals surface area contributed by atoms with Crippen LogP contribution in [-0.2, 0) is 9.53 Å². The molecule has 1 saturated heterocycles. The van der Waals surface area contributed by atoms with Gasteiger partial charge in [-0.15, -0.1) is 0 Å². The minimum Gasteiger partial charge on any atom is -0.379 e. The number of nitrogens with zero attached hydrogens (tertiary/aromatic N) is 2. The summed E-state index contributed by atoms with van der Waals surface area (Å²) in [5.41, 5.74) is 0. The van der Waals surface area contributed by atoms with Crippen LogP contribution in [0.15, 0.2) is 10.6 Å². The summed E-state index contributed by atoms with van der Waals surface area (Å²) in [6.45, 7) is 7.01. The van der Waals surface area contributed by atoms with E-state index in [-0.39, 0.29) is 5.91 Å². The summed E-state index contributed by atoms with van der Waals surface area (Å²) in [6.07, 6.45) is 0.455. The second kappa shape index (κ2) is 5.97. The van der Waals surface area contributed by atoms with Gasteiger partial charge in [-0.2, -0.15) is 0 Å². The number of rotatable bonds is 4. The van der Waals surface area contributed by atoms with E-state index < -0.39 is 0 Å². The highest BCUT2D eigenvalue weighted by molar-refractivity contribution is 5.89. The summed E-state index contributed by atoms with van der Waals surface area (Å²) in [5.74, 6) is 1.13. The number of aromatic nitrogens is 1. The predicted octanol–water partition coefficient (Wildman–Crippen LogP) is 1.03. The van der Waals surface area contributed by atoms with Gasteiger partial charge in [0.1, 0.15) is 5.76 Å². The minimum atomic E-state index is -0.0398. The number of carbonyl (C=O) groups is 1. The summed E-state index contributed by atoms with van der Waals surface area (Å²) in [7, 11) is 0. The lowest BCUT2D eigenvalue weighted by Crippen LogP contribution is -2.44. The van der Waals surface area contributed by atoms with Crippen LogP contribution in [0, 0.1) is 6.92 Å². The maximum absolute atomic E-state index is 11.7. The maximum atomic E-state index is 11.7. The number of hydrogen-bond acceptors (Lipinski definition) is 5. The van der Waals surface area contributed by atoms with Crippen LogP contribution in [0.4, 0.5) is 5.82 Å². The minimum absolute atomic E-state index is 0.0398. The predicted molar refractivity (Wildman–Crippen MR) is 66.3 cm³/mol. The first-order valence-electron chi connectivity index (χ1n) is 6.20. The van der Waals surface area contributed by atoms with Crippen LogP contribution in [0.1, 0.15) is 19.1 Å². The summed E-state index contributed by atoms with van der Waals surface area (Å²) < 4.78 is 10.2. The fourth-order valence-corrected chi connectivity index (χ4v) is 1.97. The number of anilines is 1. The molecule has 0 aromatic carbocycles. The highest BCUT2D eigenvalue weighted by atomic mass is 16.5. The Morgan fingerprint density at radius 2 is 2.50 bits per heavy atom. The molecule has 1 amide bonds.